The number of nitrogens with one attached hydrogen (secondary N) is 1. The summed E-state index contributed by atoms with van der Waals surface area (Å²) in [5.41, 5.74) is 5.69. The predicted molar refractivity (Wildman–Crippen MR) is 99.0 cm³/mol. The van der Waals surface area contributed by atoms with E-state index in [0.29, 0.717) is 12.0 Å². The van der Waals surface area contributed by atoms with Crippen molar-refractivity contribution < 1.29 is 4.74 Å². The highest BCUT2D eigenvalue weighted by atomic mass is 127. The van der Waals surface area contributed by atoms with Gasteiger partial charge in [-0.2, -0.15) is 0 Å². The van der Waals surface area contributed by atoms with E-state index in [-0.39, 0.29) is 24.0 Å². The number of guanidine groups is 1. The standard InChI is InChI=1S/C15H33N3O.HI/c1-4-5-6-7-8-9-12-19-13-10-11-17-15(16)18-14(2)3;/h14H,4-13H2,1-3H3,(H3,16,17,18);1H. The summed E-state index contributed by atoms with van der Waals surface area (Å²) >= 11 is 0. The smallest absolute Gasteiger partial charge is 0.188 e. The minimum absolute atomic E-state index is 0. The molecule has 0 rings (SSSR count). The zero-order valence-corrected chi connectivity index (χ0v) is 15.8. The van der Waals surface area contributed by atoms with Gasteiger partial charge in [-0.1, -0.05) is 39.0 Å². The van der Waals surface area contributed by atoms with Gasteiger partial charge in [0.2, 0.25) is 0 Å². The van der Waals surface area contributed by atoms with Crippen molar-refractivity contribution in [1.29, 1.82) is 0 Å². The molecule has 122 valence electrons. The highest BCUT2D eigenvalue weighted by molar-refractivity contribution is 14.0. The van der Waals surface area contributed by atoms with Gasteiger partial charge in [-0.15, -0.1) is 24.0 Å². The third-order valence-corrected chi connectivity index (χ3v) is 2.81. The van der Waals surface area contributed by atoms with Crippen LogP contribution in [0.2, 0.25) is 0 Å². The number of halogens is 1. The molecule has 0 saturated carbocycles. The van der Waals surface area contributed by atoms with Crippen molar-refractivity contribution in [2.24, 2.45) is 10.7 Å². The fourth-order valence-electron chi connectivity index (χ4n) is 1.79. The van der Waals surface area contributed by atoms with Crippen molar-refractivity contribution in [2.75, 3.05) is 19.8 Å². The first-order valence-corrected chi connectivity index (χ1v) is 7.81. The topological polar surface area (TPSA) is 59.6 Å². The summed E-state index contributed by atoms with van der Waals surface area (Å²) in [7, 11) is 0. The maximum Gasteiger partial charge on any atom is 0.188 e. The van der Waals surface area contributed by atoms with Crippen LogP contribution in [-0.2, 0) is 4.74 Å². The van der Waals surface area contributed by atoms with Crippen LogP contribution in [0, 0.1) is 0 Å². The van der Waals surface area contributed by atoms with Crippen LogP contribution < -0.4 is 11.1 Å². The van der Waals surface area contributed by atoms with Crippen molar-refractivity contribution in [1.82, 2.24) is 5.32 Å². The van der Waals surface area contributed by atoms with Crippen molar-refractivity contribution in [2.45, 2.75) is 71.8 Å². The number of nitrogens with zero attached hydrogens (tertiary/aromatic N) is 1. The highest BCUT2D eigenvalue weighted by Crippen LogP contribution is 2.04. The molecule has 0 aromatic carbocycles. The second kappa shape index (κ2) is 17.0. The average molecular weight is 399 g/mol. The van der Waals surface area contributed by atoms with Crippen molar-refractivity contribution in [3.05, 3.63) is 0 Å². The fourth-order valence-corrected chi connectivity index (χ4v) is 1.79. The molecule has 0 atom stereocenters. The first-order valence-electron chi connectivity index (χ1n) is 7.81. The van der Waals surface area contributed by atoms with Gasteiger partial charge in [0.25, 0.3) is 0 Å². The van der Waals surface area contributed by atoms with E-state index in [4.69, 9.17) is 10.5 Å². The van der Waals surface area contributed by atoms with Gasteiger partial charge in [0.1, 0.15) is 0 Å². The minimum atomic E-state index is 0. The highest BCUT2D eigenvalue weighted by Gasteiger charge is 1.95. The molecule has 0 fully saturated rings. The van der Waals surface area contributed by atoms with E-state index in [1.807, 2.05) is 13.8 Å². The molecule has 0 aromatic rings. The molecule has 0 aromatic heterocycles. The molecule has 0 aliphatic rings. The fraction of sp³-hybridized carbons (Fsp3) is 0.933. The third-order valence-electron chi connectivity index (χ3n) is 2.81. The lowest BCUT2D eigenvalue weighted by atomic mass is 10.1. The van der Waals surface area contributed by atoms with Crippen LogP contribution in [0.25, 0.3) is 0 Å². The molecule has 5 heteroatoms. The number of unbranched alkanes of at least 4 members (excludes halogenated alkanes) is 5. The Hall–Kier alpha value is -0.0400. The molecular weight excluding hydrogens is 365 g/mol. The lowest BCUT2D eigenvalue weighted by Crippen LogP contribution is -2.36. The summed E-state index contributed by atoms with van der Waals surface area (Å²) in [6.45, 7) is 8.75. The predicted octanol–water partition coefficient (Wildman–Crippen LogP) is 3.68. The molecule has 4 nitrogen and oxygen atoms in total. The van der Waals surface area contributed by atoms with E-state index in [2.05, 4.69) is 17.2 Å². The number of aliphatic imine (C=N–C) groups is 1. The summed E-state index contributed by atoms with van der Waals surface area (Å²) in [4.78, 5) is 4.24. The molecule has 0 aliphatic heterocycles. The van der Waals surface area contributed by atoms with Gasteiger partial charge in [-0.3, -0.25) is 4.99 Å². The molecule has 0 radical (unpaired) electrons. The Bertz CT molecular complexity index is 223. The quantitative estimate of drug-likeness (QED) is 0.228. The minimum Gasteiger partial charge on any atom is -0.381 e. The molecule has 0 spiro atoms. The van der Waals surface area contributed by atoms with Gasteiger partial charge < -0.3 is 15.8 Å². The first kappa shape index (κ1) is 22.2. The van der Waals surface area contributed by atoms with Gasteiger partial charge in [-0.25, -0.2) is 0 Å². The number of rotatable bonds is 12. The molecule has 3 N–H and O–H groups in total. The molecule has 0 saturated heterocycles. The summed E-state index contributed by atoms with van der Waals surface area (Å²) in [5.74, 6) is 0.533. The molecule has 20 heavy (non-hydrogen) atoms. The lowest BCUT2D eigenvalue weighted by Gasteiger charge is -2.08. The Balaban J connectivity index is 0. The van der Waals surface area contributed by atoms with Crippen molar-refractivity contribution in [3.8, 4) is 0 Å². The van der Waals surface area contributed by atoms with Crippen LogP contribution in [-0.4, -0.2) is 31.8 Å². The molecule has 0 aliphatic carbocycles. The largest absolute Gasteiger partial charge is 0.381 e. The summed E-state index contributed by atoms with van der Waals surface area (Å²) in [6.07, 6.45) is 8.81. The van der Waals surface area contributed by atoms with Crippen LogP contribution >= 0.6 is 24.0 Å². The van der Waals surface area contributed by atoms with Crippen LogP contribution in [0.3, 0.4) is 0 Å². The Morgan fingerprint density at radius 2 is 1.65 bits per heavy atom. The van der Waals surface area contributed by atoms with E-state index in [9.17, 15) is 0 Å². The van der Waals surface area contributed by atoms with E-state index < -0.39 is 0 Å². The van der Waals surface area contributed by atoms with Crippen LogP contribution in [0.1, 0.15) is 65.7 Å². The van der Waals surface area contributed by atoms with Crippen LogP contribution in [0.15, 0.2) is 4.99 Å². The van der Waals surface area contributed by atoms with Gasteiger partial charge >= 0.3 is 0 Å². The summed E-state index contributed by atoms with van der Waals surface area (Å²) < 4.78 is 5.57. The lowest BCUT2D eigenvalue weighted by molar-refractivity contribution is 0.129. The third kappa shape index (κ3) is 18.0. The summed E-state index contributed by atoms with van der Waals surface area (Å²) in [6, 6.07) is 0.340. The maximum atomic E-state index is 5.69. The van der Waals surface area contributed by atoms with Gasteiger partial charge in [0.15, 0.2) is 5.96 Å². The molecule has 0 unspecified atom stereocenters. The zero-order chi connectivity index (χ0) is 14.3. The Labute approximate surface area is 142 Å². The van der Waals surface area contributed by atoms with E-state index in [1.165, 1.54) is 38.5 Å². The number of hydrogen-bond acceptors (Lipinski definition) is 2. The van der Waals surface area contributed by atoms with Crippen molar-refractivity contribution >= 4 is 29.9 Å². The Morgan fingerprint density at radius 3 is 2.30 bits per heavy atom. The number of nitrogens with two attached hydrogens (primary N) is 1. The second-order valence-corrected chi connectivity index (χ2v) is 5.30. The monoisotopic (exact) mass is 399 g/mol. The van der Waals surface area contributed by atoms with E-state index >= 15 is 0 Å². The van der Waals surface area contributed by atoms with Gasteiger partial charge in [-0.05, 0) is 26.7 Å². The van der Waals surface area contributed by atoms with E-state index in [0.717, 1.165) is 26.2 Å². The molecule has 0 bridgehead atoms. The van der Waals surface area contributed by atoms with E-state index in [1.54, 1.807) is 0 Å². The van der Waals surface area contributed by atoms with Crippen LogP contribution in [0.4, 0.5) is 0 Å². The molecule has 0 amide bonds. The number of ether oxygens (including phenoxy) is 1. The second-order valence-electron chi connectivity index (χ2n) is 5.30. The zero-order valence-electron chi connectivity index (χ0n) is 13.5. The SMILES string of the molecule is CCCCCCCCOCCCN=C(N)NC(C)C.I. The normalized spacial score (nSPS) is 11.5. The van der Waals surface area contributed by atoms with Crippen molar-refractivity contribution in [3.63, 3.8) is 0 Å². The number of hydrogen-bond donors (Lipinski definition) is 2. The molecular formula is C15H34IN3O. The van der Waals surface area contributed by atoms with Gasteiger partial charge in [0, 0.05) is 25.8 Å². The Morgan fingerprint density at radius 1 is 1.05 bits per heavy atom. The maximum absolute atomic E-state index is 5.69. The molecule has 0 heterocycles. The van der Waals surface area contributed by atoms with Gasteiger partial charge in [0.05, 0.1) is 0 Å². The summed E-state index contributed by atoms with van der Waals surface area (Å²) in [5, 5.41) is 3.07. The average Bonchev–Trinajstić information content (AvgIpc) is 2.35. The first-order chi connectivity index (χ1) is 9.16. The van der Waals surface area contributed by atoms with Crippen LogP contribution in [0.5, 0.6) is 0 Å². The Kier molecular flexibility index (Phi) is 18.9.